The molecule has 1 unspecified atom stereocenters. The molecule has 0 aliphatic rings. The Morgan fingerprint density at radius 2 is 1.67 bits per heavy atom. The lowest BCUT2D eigenvalue weighted by Crippen LogP contribution is -2.24. The minimum absolute atomic E-state index is 0.230. The molecule has 0 fully saturated rings. The largest absolute Gasteiger partial charge is 0.310 e. The Morgan fingerprint density at radius 3 is 2.33 bits per heavy atom. The summed E-state index contributed by atoms with van der Waals surface area (Å²) in [5.41, 5.74) is 3.03. The normalized spacial score (nSPS) is 12.4. The molecule has 1 N–H and O–H groups in total. The molecule has 0 aromatic heterocycles. The molecule has 0 saturated carbocycles. The van der Waals surface area contributed by atoms with Gasteiger partial charge in [-0.1, -0.05) is 43.3 Å². The summed E-state index contributed by atoms with van der Waals surface area (Å²) in [6.45, 7) is 6.27. The van der Waals surface area contributed by atoms with Crippen molar-refractivity contribution in [2.45, 2.75) is 33.2 Å². The fraction of sp³-hybridized carbons (Fsp3) is 0.333. The highest BCUT2D eigenvalue weighted by Gasteiger charge is 2.19. The first-order valence-electron chi connectivity index (χ1n) is 7.27. The van der Waals surface area contributed by atoms with E-state index in [1.807, 2.05) is 38.1 Å². The van der Waals surface area contributed by atoms with E-state index in [0.29, 0.717) is 24.1 Å². The topological polar surface area (TPSA) is 12.0 Å². The van der Waals surface area contributed by atoms with Crippen molar-refractivity contribution >= 4 is 0 Å². The minimum Gasteiger partial charge on any atom is -0.310 e. The molecule has 0 radical (unpaired) electrons. The minimum atomic E-state index is -0.750. The van der Waals surface area contributed by atoms with Crippen molar-refractivity contribution in [3.63, 3.8) is 0 Å². The zero-order valence-corrected chi connectivity index (χ0v) is 12.7. The van der Waals surface area contributed by atoms with E-state index in [1.54, 1.807) is 19.1 Å². The molecule has 0 heterocycles. The van der Waals surface area contributed by atoms with Gasteiger partial charge in [-0.05, 0) is 43.5 Å². The van der Waals surface area contributed by atoms with Crippen molar-refractivity contribution in [3.05, 3.63) is 70.3 Å². The van der Waals surface area contributed by atoms with E-state index in [2.05, 4.69) is 5.32 Å². The van der Waals surface area contributed by atoms with Crippen molar-refractivity contribution < 1.29 is 8.78 Å². The Bertz CT molecular complexity index is 623. The van der Waals surface area contributed by atoms with Crippen LogP contribution in [0.3, 0.4) is 0 Å². The summed E-state index contributed by atoms with van der Waals surface area (Å²) in [6.07, 6.45) is 0.639. The second kappa shape index (κ2) is 6.81. The molecular formula is C18H21F2N. The van der Waals surface area contributed by atoms with Crippen molar-refractivity contribution in [2.24, 2.45) is 0 Å². The summed E-state index contributed by atoms with van der Waals surface area (Å²) < 4.78 is 28.0. The van der Waals surface area contributed by atoms with Crippen LogP contribution in [0.4, 0.5) is 8.78 Å². The van der Waals surface area contributed by atoms with Crippen molar-refractivity contribution in [1.82, 2.24) is 5.32 Å². The summed E-state index contributed by atoms with van der Waals surface area (Å²) in [4.78, 5) is 0. The van der Waals surface area contributed by atoms with E-state index in [4.69, 9.17) is 0 Å². The van der Waals surface area contributed by atoms with E-state index in [1.165, 1.54) is 0 Å². The summed E-state index contributed by atoms with van der Waals surface area (Å²) in [5.74, 6) is -1.49. The smallest absolute Gasteiger partial charge is 0.163 e. The van der Waals surface area contributed by atoms with Gasteiger partial charge < -0.3 is 5.32 Å². The van der Waals surface area contributed by atoms with E-state index >= 15 is 0 Å². The molecule has 0 spiro atoms. The van der Waals surface area contributed by atoms with Crippen LogP contribution in [0.1, 0.15) is 35.2 Å². The van der Waals surface area contributed by atoms with Crippen molar-refractivity contribution in [1.29, 1.82) is 0 Å². The van der Waals surface area contributed by atoms with E-state index in [9.17, 15) is 8.78 Å². The molecule has 0 saturated heterocycles. The molecule has 3 heteroatoms. The monoisotopic (exact) mass is 289 g/mol. The van der Waals surface area contributed by atoms with Crippen LogP contribution < -0.4 is 5.32 Å². The highest BCUT2D eigenvalue weighted by atomic mass is 19.2. The second-order valence-electron chi connectivity index (χ2n) is 5.34. The molecule has 2 rings (SSSR count). The first-order valence-corrected chi connectivity index (χ1v) is 7.27. The fourth-order valence-electron chi connectivity index (χ4n) is 2.53. The maximum Gasteiger partial charge on any atom is 0.163 e. The van der Waals surface area contributed by atoms with Crippen LogP contribution in [-0.2, 0) is 6.42 Å². The second-order valence-corrected chi connectivity index (χ2v) is 5.34. The third-order valence-corrected chi connectivity index (χ3v) is 3.82. The lowest BCUT2D eigenvalue weighted by Gasteiger charge is -2.21. The van der Waals surface area contributed by atoms with Crippen LogP contribution >= 0.6 is 0 Å². The van der Waals surface area contributed by atoms with Gasteiger partial charge in [-0.2, -0.15) is 0 Å². The maximum atomic E-state index is 14.2. The van der Waals surface area contributed by atoms with Crippen molar-refractivity contribution in [2.75, 3.05) is 6.54 Å². The maximum absolute atomic E-state index is 14.2. The SMILES string of the molecule is CCNC(Cc1ccccc1C)c1ccc(C)c(F)c1F. The molecule has 0 bridgehead atoms. The summed E-state index contributed by atoms with van der Waals surface area (Å²) in [7, 11) is 0. The highest BCUT2D eigenvalue weighted by Crippen LogP contribution is 2.25. The number of rotatable bonds is 5. The number of nitrogens with one attached hydrogen (secondary N) is 1. The molecule has 2 aromatic rings. The molecule has 1 atom stereocenters. The molecular weight excluding hydrogens is 268 g/mol. The number of hydrogen-bond acceptors (Lipinski definition) is 1. The number of likely N-dealkylation sites (N-methyl/N-ethyl adjacent to an activating group) is 1. The Kier molecular flexibility index (Phi) is 5.07. The van der Waals surface area contributed by atoms with E-state index in [-0.39, 0.29) is 6.04 Å². The van der Waals surface area contributed by atoms with Gasteiger partial charge in [0.1, 0.15) is 0 Å². The Hall–Kier alpha value is -1.74. The van der Waals surface area contributed by atoms with Gasteiger partial charge >= 0.3 is 0 Å². The number of aryl methyl sites for hydroxylation is 2. The Labute approximate surface area is 125 Å². The van der Waals surface area contributed by atoms with Gasteiger partial charge in [-0.25, -0.2) is 8.78 Å². The molecule has 1 nitrogen and oxygen atoms in total. The van der Waals surface area contributed by atoms with Gasteiger partial charge in [0.15, 0.2) is 11.6 Å². The molecule has 0 aliphatic heterocycles. The number of benzene rings is 2. The zero-order chi connectivity index (χ0) is 15.4. The van der Waals surface area contributed by atoms with Crippen LogP contribution in [0.15, 0.2) is 36.4 Å². The predicted molar refractivity (Wildman–Crippen MR) is 82.4 cm³/mol. The van der Waals surface area contributed by atoms with Gasteiger partial charge in [-0.3, -0.25) is 0 Å². The molecule has 0 amide bonds. The molecule has 2 aromatic carbocycles. The average molecular weight is 289 g/mol. The number of hydrogen-bond donors (Lipinski definition) is 1. The van der Waals surface area contributed by atoms with Crippen LogP contribution in [-0.4, -0.2) is 6.54 Å². The summed E-state index contributed by atoms with van der Waals surface area (Å²) in [5, 5.41) is 3.26. The van der Waals surface area contributed by atoms with E-state index in [0.717, 1.165) is 11.1 Å². The Balaban J connectivity index is 2.36. The summed E-state index contributed by atoms with van der Waals surface area (Å²) in [6, 6.07) is 11.1. The van der Waals surface area contributed by atoms with E-state index < -0.39 is 11.6 Å². The number of halogens is 2. The van der Waals surface area contributed by atoms with Crippen LogP contribution in [0.5, 0.6) is 0 Å². The first kappa shape index (κ1) is 15.6. The third kappa shape index (κ3) is 3.48. The van der Waals surface area contributed by atoms with Crippen LogP contribution in [0.2, 0.25) is 0 Å². The Morgan fingerprint density at radius 1 is 0.952 bits per heavy atom. The lowest BCUT2D eigenvalue weighted by molar-refractivity contribution is 0.461. The van der Waals surface area contributed by atoms with Gasteiger partial charge in [0.25, 0.3) is 0 Å². The van der Waals surface area contributed by atoms with Gasteiger partial charge in [0, 0.05) is 11.6 Å². The zero-order valence-electron chi connectivity index (χ0n) is 12.7. The summed E-state index contributed by atoms with van der Waals surface area (Å²) >= 11 is 0. The first-order chi connectivity index (χ1) is 10.0. The van der Waals surface area contributed by atoms with Crippen molar-refractivity contribution in [3.8, 4) is 0 Å². The van der Waals surface area contributed by atoms with Gasteiger partial charge in [-0.15, -0.1) is 0 Å². The lowest BCUT2D eigenvalue weighted by atomic mass is 9.95. The quantitative estimate of drug-likeness (QED) is 0.856. The predicted octanol–water partition coefficient (Wildman–Crippen LogP) is 4.47. The van der Waals surface area contributed by atoms with Gasteiger partial charge in [0.05, 0.1) is 0 Å². The standard InChI is InChI=1S/C18H21F2N/c1-4-21-16(11-14-8-6-5-7-12(14)2)15-10-9-13(3)17(19)18(15)20/h5-10,16,21H,4,11H2,1-3H3. The average Bonchev–Trinajstić information content (AvgIpc) is 2.47. The van der Waals surface area contributed by atoms with Crippen LogP contribution in [0.25, 0.3) is 0 Å². The molecule has 112 valence electrons. The fourth-order valence-corrected chi connectivity index (χ4v) is 2.53. The van der Waals surface area contributed by atoms with Crippen LogP contribution in [0, 0.1) is 25.5 Å². The van der Waals surface area contributed by atoms with Gasteiger partial charge in [0.2, 0.25) is 0 Å². The third-order valence-electron chi connectivity index (χ3n) is 3.82. The highest BCUT2D eigenvalue weighted by molar-refractivity contribution is 5.32. The molecule has 0 aliphatic carbocycles. The molecule has 21 heavy (non-hydrogen) atoms.